The maximum absolute atomic E-state index is 13.2. The molecule has 0 aliphatic carbocycles. The van der Waals surface area contributed by atoms with E-state index in [0.29, 0.717) is 4.34 Å². The van der Waals surface area contributed by atoms with Crippen LogP contribution in [0.25, 0.3) is 0 Å². The topological polar surface area (TPSA) is 68.9 Å². The van der Waals surface area contributed by atoms with E-state index in [2.05, 4.69) is 10.2 Å². The molecule has 0 fully saturated rings. The summed E-state index contributed by atoms with van der Waals surface area (Å²) in [5.74, 6) is -0.848. The van der Waals surface area contributed by atoms with Gasteiger partial charge in [-0.25, -0.2) is 0 Å². The van der Waals surface area contributed by atoms with Gasteiger partial charge in [0, 0.05) is 0 Å². The van der Waals surface area contributed by atoms with Crippen LogP contribution in [0.4, 0.5) is 10.1 Å². The van der Waals surface area contributed by atoms with E-state index >= 15 is 0 Å². The SMILES string of the molecule is O=[N+]([O-])c1c(F)cccc1Sc1nncs1. The van der Waals surface area contributed by atoms with Crippen molar-refractivity contribution < 1.29 is 9.31 Å². The highest BCUT2D eigenvalue weighted by molar-refractivity contribution is 8.01. The van der Waals surface area contributed by atoms with Crippen LogP contribution in [0, 0.1) is 15.9 Å². The van der Waals surface area contributed by atoms with Crippen molar-refractivity contribution in [3.63, 3.8) is 0 Å². The van der Waals surface area contributed by atoms with E-state index < -0.39 is 16.4 Å². The number of nitro benzene ring substituents is 1. The molecule has 0 bridgehead atoms. The molecule has 0 spiro atoms. The van der Waals surface area contributed by atoms with Gasteiger partial charge in [-0.05, 0) is 23.9 Å². The summed E-state index contributed by atoms with van der Waals surface area (Å²) in [4.78, 5) is 10.2. The third-order valence-corrected chi connectivity index (χ3v) is 3.50. The highest BCUT2D eigenvalue weighted by Crippen LogP contribution is 2.36. The summed E-state index contributed by atoms with van der Waals surface area (Å²) in [7, 11) is 0. The molecule has 0 saturated carbocycles. The Kier molecular flexibility index (Phi) is 3.11. The van der Waals surface area contributed by atoms with Crippen molar-refractivity contribution in [3.05, 3.63) is 39.6 Å². The summed E-state index contributed by atoms with van der Waals surface area (Å²) in [5.41, 5.74) is 0.982. The number of hydrogen-bond acceptors (Lipinski definition) is 6. The molecule has 16 heavy (non-hydrogen) atoms. The van der Waals surface area contributed by atoms with Crippen LogP contribution < -0.4 is 0 Å². The minimum Gasteiger partial charge on any atom is -0.258 e. The molecule has 1 heterocycles. The number of hydrogen-bond donors (Lipinski definition) is 0. The summed E-state index contributed by atoms with van der Waals surface area (Å²) in [6, 6.07) is 3.96. The van der Waals surface area contributed by atoms with Crippen LogP contribution >= 0.6 is 23.1 Å². The van der Waals surface area contributed by atoms with E-state index in [0.717, 1.165) is 17.8 Å². The number of aromatic nitrogens is 2. The molecule has 2 rings (SSSR count). The summed E-state index contributed by atoms with van der Waals surface area (Å²) in [6.07, 6.45) is 0. The van der Waals surface area contributed by atoms with Crippen LogP contribution in [0.5, 0.6) is 0 Å². The fourth-order valence-corrected chi connectivity index (χ4v) is 2.62. The van der Waals surface area contributed by atoms with Crippen LogP contribution in [-0.4, -0.2) is 15.1 Å². The zero-order chi connectivity index (χ0) is 11.5. The molecule has 0 aliphatic rings. The summed E-state index contributed by atoms with van der Waals surface area (Å²) in [5, 5.41) is 18.0. The second-order valence-electron chi connectivity index (χ2n) is 2.65. The molecule has 0 radical (unpaired) electrons. The average Bonchev–Trinajstić information content (AvgIpc) is 2.70. The number of rotatable bonds is 3. The maximum Gasteiger partial charge on any atom is 0.318 e. The lowest BCUT2D eigenvalue weighted by Crippen LogP contribution is -1.94. The number of nitro groups is 1. The Morgan fingerprint density at radius 1 is 1.50 bits per heavy atom. The highest BCUT2D eigenvalue weighted by Gasteiger charge is 2.21. The van der Waals surface area contributed by atoms with Gasteiger partial charge in [-0.3, -0.25) is 10.1 Å². The molecule has 0 saturated heterocycles. The number of para-hydroxylation sites is 1. The minimum atomic E-state index is -0.848. The van der Waals surface area contributed by atoms with E-state index in [9.17, 15) is 14.5 Å². The first kappa shape index (κ1) is 11.0. The van der Waals surface area contributed by atoms with Gasteiger partial charge in [0.1, 0.15) is 5.51 Å². The molecule has 2 aromatic rings. The number of benzene rings is 1. The Labute approximate surface area is 97.5 Å². The Hall–Kier alpha value is -1.54. The van der Waals surface area contributed by atoms with E-state index in [4.69, 9.17) is 0 Å². The first-order chi connectivity index (χ1) is 7.68. The van der Waals surface area contributed by atoms with Crippen molar-refractivity contribution in [1.29, 1.82) is 0 Å². The molecule has 5 nitrogen and oxygen atoms in total. The molecule has 1 aromatic heterocycles. The summed E-state index contributed by atoms with van der Waals surface area (Å²) < 4.78 is 13.8. The lowest BCUT2D eigenvalue weighted by molar-refractivity contribution is -0.390. The summed E-state index contributed by atoms with van der Waals surface area (Å²) in [6.45, 7) is 0. The molecular formula is C8H4FN3O2S2. The largest absolute Gasteiger partial charge is 0.318 e. The maximum atomic E-state index is 13.2. The zero-order valence-corrected chi connectivity index (χ0v) is 9.29. The van der Waals surface area contributed by atoms with Gasteiger partial charge in [0.15, 0.2) is 4.34 Å². The van der Waals surface area contributed by atoms with E-state index in [1.807, 2.05) is 0 Å². The predicted octanol–water partition coefficient (Wildman–Crippen LogP) is 2.74. The molecule has 82 valence electrons. The van der Waals surface area contributed by atoms with Crippen LogP contribution in [0.1, 0.15) is 0 Å². The third-order valence-electron chi connectivity index (χ3n) is 1.67. The molecule has 0 unspecified atom stereocenters. The lowest BCUT2D eigenvalue weighted by atomic mass is 10.3. The number of nitrogens with zero attached hydrogens (tertiary/aromatic N) is 3. The molecule has 0 amide bonds. The van der Waals surface area contributed by atoms with Crippen molar-refractivity contribution in [2.45, 2.75) is 9.24 Å². The highest BCUT2D eigenvalue weighted by atomic mass is 32.2. The molecule has 8 heteroatoms. The minimum absolute atomic E-state index is 0.224. The van der Waals surface area contributed by atoms with Gasteiger partial charge in [-0.2, -0.15) is 4.39 Å². The van der Waals surface area contributed by atoms with Gasteiger partial charge in [0.05, 0.1) is 9.82 Å². The molecule has 0 atom stereocenters. The lowest BCUT2D eigenvalue weighted by Gasteiger charge is -1.99. The van der Waals surface area contributed by atoms with Crippen LogP contribution in [0.15, 0.2) is 32.9 Å². The fourth-order valence-electron chi connectivity index (χ4n) is 1.06. The second kappa shape index (κ2) is 4.54. The van der Waals surface area contributed by atoms with Gasteiger partial charge >= 0.3 is 5.69 Å². The molecule has 1 aromatic carbocycles. The second-order valence-corrected chi connectivity index (χ2v) is 4.77. The van der Waals surface area contributed by atoms with E-state index in [1.165, 1.54) is 29.0 Å². The molecule has 0 N–H and O–H groups in total. The normalized spacial score (nSPS) is 10.3. The summed E-state index contributed by atoms with van der Waals surface area (Å²) >= 11 is 2.27. The third kappa shape index (κ3) is 2.17. The zero-order valence-electron chi connectivity index (χ0n) is 7.66. The first-order valence-electron chi connectivity index (χ1n) is 4.05. The van der Waals surface area contributed by atoms with Crippen molar-refractivity contribution in [3.8, 4) is 0 Å². The fraction of sp³-hybridized carbons (Fsp3) is 0. The van der Waals surface area contributed by atoms with Crippen molar-refractivity contribution in [2.75, 3.05) is 0 Å². The van der Waals surface area contributed by atoms with Gasteiger partial charge in [0.2, 0.25) is 5.82 Å². The van der Waals surface area contributed by atoms with E-state index in [-0.39, 0.29) is 4.90 Å². The van der Waals surface area contributed by atoms with E-state index in [1.54, 1.807) is 0 Å². The molecule has 0 aliphatic heterocycles. The smallest absolute Gasteiger partial charge is 0.258 e. The van der Waals surface area contributed by atoms with Gasteiger partial charge in [0.25, 0.3) is 0 Å². The first-order valence-corrected chi connectivity index (χ1v) is 5.75. The Morgan fingerprint density at radius 2 is 2.31 bits per heavy atom. The monoisotopic (exact) mass is 257 g/mol. The Bertz CT molecular complexity index is 518. The molecular weight excluding hydrogens is 253 g/mol. The average molecular weight is 257 g/mol. The van der Waals surface area contributed by atoms with Crippen molar-refractivity contribution >= 4 is 28.8 Å². The van der Waals surface area contributed by atoms with Gasteiger partial charge < -0.3 is 0 Å². The Balaban J connectivity index is 2.40. The quantitative estimate of drug-likeness (QED) is 0.624. The number of halogens is 1. The van der Waals surface area contributed by atoms with Crippen LogP contribution in [0.2, 0.25) is 0 Å². The van der Waals surface area contributed by atoms with Gasteiger partial charge in [-0.1, -0.05) is 17.4 Å². The predicted molar refractivity (Wildman–Crippen MR) is 57.1 cm³/mol. The van der Waals surface area contributed by atoms with Crippen LogP contribution in [-0.2, 0) is 0 Å². The van der Waals surface area contributed by atoms with Crippen LogP contribution in [0.3, 0.4) is 0 Å². The van der Waals surface area contributed by atoms with Crippen molar-refractivity contribution in [1.82, 2.24) is 10.2 Å². The Morgan fingerprint density at radius 3 is 2.94 bits per heavy atom. The standard InChI is InChI=1S/C8H4FN3O2S2/c9-5-2-1-3-6(7(5)12(13)14)16-8-11-10-4-15-8/h1-4H. The van der Waals surface area contributed by atoms with Gasteiger partial charge in [-0.15, -0.1) is 10.2 Å². The van der Waals surface area contributed by atoms with Crippen molar-refractivity contribution in [2.24, 2.45) is 0 Å².